The van der Waals surface area contributed by atoms with Crippen LogP contribution < -0.4 is 10.5 Å². The zero-order chi connectivity index (χ0) is 10.0. The third-order valence-electron chi connectivity index (χ3n) is 1.92. The zero-order valence-electron chi connectivity index (χ0n) is 7.93. The minimum atomic E-state index is -0.689. The monoisotopic (exact) mass is 192 g/mol. The minimum Gasteiger partial charge on any atom is -0.463 e. The van der Waals surface area contributed by atoms with E-state index < -0.39 is 5.72 Å². The first kappa shape index (κ1) is 8.87. The molecule has 0 spiro atoms. The summed E-state index contributed by atoms with van der Waals surface area (Å²) in [5.41, 5.74) is 4.72. The third kappa shape index (κ3) is 1.79. The Morgan fingerprint density at radius 1 is 1.43 bits per heavy atom. The number of nitrogens with zero attached hydrogens (tertiary/aromatic N) is 1. The largest absolute Gasteiger partial charge is 0.463 e. The van der Waals surface area contributed by atoms with E-state index in [0.717, 1.165) is 5.75 Å². The Morgan fingerprint density at radius 3 is 2.71 bits per heavy atom. The van der Waals surface area contributed by atoms with Crippen LogP contribution in [0, 0.1) is 0 Å². The molecule has 1 aromatic carbocycles. The number of hydrogen-bond donors (Lipinski definition) is 1. The van der Waals surface area contributed by atoms with Crippen molar-refractivity contribution in [2.24, 2.45) is 10.7 Å². The lowest BCUT2D eigenvalue weighted by Crippen LogP contribution is -2.31. The van der Waals surface area contributed by atoms with E-state index in [9.17, 15) is 0 Å². The molecule has 1 unspecified atom stereocenters. The molecule has 2 N–H and O–H groups in total. The van der Waals surface area contributed by atoms with Crippen molar-refractivity contribution < 1.29 is 9.47 Å². The summed E-state index contributed by atoms with van der Waals surface area (Å²) in [6.07, 6.45) is 0. The van der Waals surface area contributed by atoms with Gasteiger partial charge >= 0.3 is 0 Å². The molecule has 0 fully saturated rings. The molecule has 2 rings (SSSR count). The molecule has 0 aliphatic carbocycles. The summed E-state index contributed by atoms with van der Waals surface area (Å²) in [4.78, 5) is 4.07. The molecule has 1 atom stereocenters. The van der Waals surface area contributed by atoms with Gasteiger partial charge in [0.25, 0.3) is 6.02 Å². The Bertz CT molecular complexity index is 350. The summed E-state index contributed by atoms with van der Waals surface area (Å²) < 4.78 is 10.7. The molecule has 74 valence electrons. The Hall–Kier alpha value is -1.71. The molecule has 14 heavy (non-hydrogen) atoms. The summed E-state index contributed by atoms with van der Waals surface area (Å²) in [7, 11) is 0. The number of amidine groups is 1. The lowest BCUT2D eigenvalue weighted by atomic mass is 10.3. The number of ether oxygens (including phenoxy) is 2. The molecule has 0 saturated carbocycles. The fraction of sp³-hybridized carbons (Fsp3) is 0.300. The smallest absolute Gasteiger partial charge is 0.285 e. The van der Waals surface area contributed by atoms with Crippen molar-refractivity contribution in [3.05, 3.63) is 30.3 Å². The molecule has 4 nitrogen and oxygen atoms in total. The summed E-state index contributed by atoms with van der Waals surface area (Å²) in [6, 6.07) is 9.66. The summed E-state index contributed by atoms with van der Waals surface area (Å²) in [5.74, 6) is 0.761. The fourth-order valence-corrected chi connectivity index (χ4v) is 1.30. The number of aliphatic imine (C=N–C) groups is 1. The zero-order valence-corrected chi connectivity index (χ0v) is 7.93. The van der Waals surface area contributed by atoms with Crippen molar-refractivity contribution in [3.63, 3.8) is 0 Å². The highest BCUT2D eigenvalue weighted by Crippen LogP contribution is 2.22. The SMILES string of the molecule is CC1(Oc2ccccc2)COC(N)=N1. The maximum atomic E-state index is 5.64. The number of rotatable bonds is 2. The number of para-hydroxylation sites is 1. The van der Waals surface area contributed by atoms with Crippen LogP contribution in [-0.2, 0) is 4.74 Å². The summed E-state index contributed by atoms with van der Waals surface area (Å²) in [6.45, 7) is 2.19. The molecule has 0 bridgehead atoms. The molecular weight excluding hydrogens is 180 g/mol. The molecule has 1 heterocycles. The Kier molecular flexibility index (Phi) is 2.04. The van der Waals surface area contributed by atoms with Crippen molar-refractivity contribution in [1.29, 1.82) is 0 Å². The van der Waals surface area contributed by atoms with Crippen LogP contribution in [0.5, 0.6) is 5.75 Å². The van der Waals surface area contributed by atoms with E-state index in [1.165, 1.54) is 0 Å². The lowest BCUT2D eigenvalue weighted by Gasteiger charge is -2.20. The van der Waals surface area contributed by atoms with Crippen LogP contribution in [-0.4, -0.2) is 18.4 Å². The maximum absolute atomic E-state index is 5.64. The average molecular weight is 192 g/mol. The van der Waals surface area contributed by atoms with Crippen LogP contribution in [0.1, 0.15) is 6.92 Å². The number of benzene rings is 1. The van der Waals surface area contributed by atoms with Crippen LogP contribution in [0.2, 0.25) is 0 Å². The van der Waals surface area contributed by atoms with E-state index >= 15 is 0 Å². The molecule has 0 aromatic heterocycles. The lowest BCUT2D eigenvalue weighted by molar-refractivity contribution is 0.0655. The highest BCUT2D eigenvalue weighted by molar-refractivity contribution is 5.73. The van der Waals surface area contributed by atoms with Gasteiger partial charge in [-0.15, -0.1) is 0 Å². The van der Waals surface area contributed by atoms with Gasteiger partial charge in [0.2, 0.25) is 5.72 Å². The van der Waals surface area contributed by atoms with Gasteiger partial charge in [-0.2, -0.15) is 4.99 Å². The van der Waals surface area contributed by atoms with E-state index in [-0.39, 0.29) is 6.02 Å². The molecule has 1 aliphatic rings. The van der Waals surface area contributed by atoms with Crippen molar-refractivity contribution in [3.8, 4) is 5.75 Å². The Balaban J connectivity index is 2.12. The van der Waals surface area contributed by atoms with Crippen molar-refractivity contribution >= 4 is 6.02 Å². The van der Waals surface area contributed by atoms with E-state index in [4.69, 9.17) is 15.2 Å². The van der Waals surface area contributed by atoms with Gasteiger partial charge in [0.05, 0.1) is 0 Å². The predicted molar refractivity (Wildman–Crippen MR) is 53.0 cm³/mol. The van der Waals surface area contributed by atoms with Crippen molar-refractivity contribution in [2.45, 2.75) is 12.6 Å². The van der Waals surface area contributed by atoms with Crippen LogP contribution in [0.4, 0.5) is 0 Å². The first-order valence-electron chi connectivity index (χ1n) is 4.40. The van der Waals surface area contributed by atoms with Crippen LogP contribution in [0.25, 0.3) is 0 Å². The normalized spacial score (nSPS) is 25.4. The number of nitrogens with two attached hydrogens (primary N) is 1. The van der Waals surface area contributed by atoms with Crippen LogP contribution >= 0.6 is 0 Å². The molecule has 1 aromatic rings. The molecular formula is C10H12N2O2. The molecule has 0 amide bonds. The minimum absolute atomic E-state index is 0.184. The van der Waals surface area contributed by atoms with Gasteiger partial charge in [-0.05, 0) is 12.1 Å². The van der Waals surface area contributed by atoms with Crippen LogP contribution in [0.3, 0.4) is 0 Å². The fourth-order valence-electron chi connectivity index (χ4n) is 1.30. The summed E-state index contributed by atoms with van der Waals surface area (Å²) >= 11 is 0. The van der Waals surface area contributed by atoms with Gasteiger partial charge in [-0.25, -0.2) is 0 Å². The van der Waals surface area contributed by atoms with Gasteiger partial charge < -0.3 is 15.2 Å². The van der Waals surface area contributed by atoms with E-state index in [1.807, 2.05) is 37.3 Å². The second-order valence-electron chi connectivity index (χ2n) is 3.33. The van der Waals surface area contributed by atoms with E-state index in [0.29, 0.717) is 6.61 Å². The van der Waals surface area contributed by atoms with E-state index in [1.54, 1.807) is 0 Å². The van der Waals surface area contributed by atoms with Gasteiger partial charge in [0.1, 0.15) is 5.75 Å². The Morgan fingerprint density at radius 2 is 2.14 bits per heavy atom. The second kappa shape index (κ2) is 3.21. The molecule has 0 saturated heterocycles. The Labute approximate surface area is 82.3 Å². The van der Waals surface area contributed by atoms with Gasteiger partial charge in [0, 0.05) is 6.92 Å². The topological polar surface area (TPSA) is 56.8 Å². The predicted octanol–water partition coefficient (Wildman–Crippen LogP) is 1.13. The van der Waals surface area contributed by atoms with E-state index in [2.05, 4.69) is 4.99 Å². The molecule has 0 radical (unpaired) electrons. The highest BCUT2D eigenvalue weighted by atomic mass is 16.6. The van der Waals surface area contributed by atoms with Crippen molar-refractivity contribution in [1.82, 2.24) is 0 Å². The van der Waals surface area contributed by atoms with Crippen molar-refractivity contribution in [2.75, 3.05) is 6.61 Å². The highest BCUT2D eigenvalue weighted by Gasteiger charge is 2.32. The number of hydrogen-bond acceptors (Lipinski definition) is 4. The first-order valence-corrected chi connectivity index (χ1v) is 4.40. The quantitative estimate of drug-likeness (QED) is 0.764. The maximum Gasteiger partial charge on any atom is 0.285 e. The molecule has 1 aliphatic heterocycles. The molecule has 4 heteroatoms. The third-order valence-corrected chi connectivity index (χ3v) is 1.92. The van der Waals surface area contributed by atoms with Gasteiger partial charge in [0.15, 0.2) is 6.61 Å². The first-order chi connectivity index (χ1) is 6.68. The van der Waals surface area contributed by atoms with Gasteiger partial charge in [-0.3, -0.25) is 0 Å². The standard InChI is InChI=1S/C10H12N2O2/c1-10(7-13-9(11)12-10)14-8-5-3-2-4-6-8/h2-6H,7H2,1H3,(H2,11,12). The van der Waals surface area contributed by atoms with Crippen LogP contribution in [0.15, 0.2) is 35.3 Å². The average Bonchev–Trinajstić information content (AvgIpc) is 2.47. The summed E-state index contributed by atoms with van der Waals surface area (Å²) in [5, 5.41) is 0. The second-order valence-corrected chi connectivity index (χ2v) is 3.33. The van der Waals surface area contributed by atoms with Gasteiger partial charge in [-0.1, -0.05) is 18.2 Å².